The lowest BCUT2D eigenvalue weighted by Crippen LogP contribution is -2.67. The molecule has 1 aromatic rings. The maximum atomic E-state index is 12.0. The van der Waals surface area contributed by atoms with E-state index in [0.717, 1.165) is 5.56 Å². The summed E-state index contributed by atoms with van der Waals surface area (Å²) in [5.41, 5.74) is 0.806. The minimum absolute atomic E-state index is 0.300. The summed E-state index contributed by atoms with van der Waals surface area (Å²) in [5, 5.41) is 2.66. The van der Waals surface area contributed by atoms with Gasteiger partial charge in [0, 0.05) is 27.7 Å². The molecule has 1 heterocycles. The summed E-state index contributed by atoms with van der Waals surface area (Å²) < 4.78 is 28.0. The van der Waals surface area contributed by atoms with Crippen molar-refractivity contribution in [2.75, 3.05) is 6.61 Å². The molecule has 0 bridgehead atoms. The van der Waals surface area contributed by atoms with Gasteiger partial charge in [0.25, 0.3) is 0 Å². The Morgan fingerprint density at radius 3 is 2.21 bits per heavy atom. The lowest BCUT2D eigenvalue weighted by molar-refractivity contribution is -0.257. The highest BCUT2D eigenvalue weighted by Crippen LogP contribution is 2.30. The lowest BCUT2D eigenvalue weighted by Gasteiger charge is -2.44. The number of esters is 3. The fourth-order valence-corrected chi connectivity index (χ4v) is 3.46. The number of carbonyl (C=O) groups excluding carboxylic acids is 4. The number of hydrogen-bond donors (Lipinski definition) is 1. The Balaban J connectivity index is 2.49. The minimum Gasteiger partial charge on any atom is -0.463 e. The Bertz CT molecular complexity index is 884. The van der Waals surface area contributed by atoms with Crippen LogP contribution in [0.2, 0.25) is 0 Å². The molecule has 0 unspecified atom stereocenters. The van der Waals surface area contributed by atoms with E-state index in [2.05, 4.69) is 11.9 Å². The predicted octanol–water partition coefficient (Wildman–Crippen LogP) is 1.45. The monoisotopic (exact) mass is 463 g/mol. The number of allylic oxidation sites excluding steroid dienone is 1. The van der Waals surface area contributed by atoms with Crippen LogP contribution in [0.4, 0.5) is 0 Å². The van der Waals surface area contributed by atoms with Crippen molar-refractivity contribution in [3.63, 3.8) is 0 Å². The molecule has 0 spiro atoms. The second-order valence-electron chi connectivity index (χ2n) is 7.44. The molecule has 10 heteroatoms. The van der Waals surface area contributed by atoms with Gasteiger partial charge in [-0.15, -0.1) is 6.58 Å². The third-order valence-corrected chi connectivity index (χ3v) is 4.65. The van der Waals surface area contributed by atoms with Gasteiger partial charge in [0.15, 0.2) is 12.2 Å². The van der Waals surface area contributed by atoms with E-state index in [1.807, 2.05) is 12.1 Å². The van der Waals surface area contributed by atoms with E-state index >= 15 is 0 Å². The highest BCUT2D eigenvalue weighted by molar-refractivity contribution is 5.73. The first-order chi connectivity index (χ1) is 15.6. The Labute approximate surface area is 192 Å². The summed E-state index contributed by atoms with van der Waals surface area (Å²) in [5.74, 6) is -1.93. The number of benzene rings is 1. The van der Waals surface area contributed by atoms with Crippen molar-refractivity contribution in [2.45, 2.75) is 64.8 Å². The smallest absolute Gasteiger partial charge is 0.303 e. The maximum Gasteiger partial charge on any atom is 0.303 e. The molecule has 1 saturated heterocycles. The van der Waals surface area contributed by atoms with Crippen molar-refractivity contribution in [3.8, 4) is 5.75 Å². The molecule has 1 N–H and O–H groups in total. The molecule has 0 aliphatic carbocycles. The summed E-state index contributed by atoms with van der Waals surface area (Å²) in [6.07, 6.45) is -2.35. The van der Waals surface area contributed by atoms with Gasteiger partial charge in [0.2, 0.25) is 12.2 Å². The van der Waals surface area contributed by atoms with Crippen LogP contribution in [0.3, 0.4) is 0 Å². The van der Waals surface area contributed by atoms with Gasteiger partial charge in [-0.05, 0) is 18.1 Å². The average molecular weight is 463 g/mol. The van der Waals surface area contributed by atoms with Gasteiger partial charge in [0.05, 0.1) is 0 Å². The average Bonchev–Trinajstić information content (AvgIpc) is 2.71. The normalized spacial score (nSPS) is 24.2. The van der Waals surface area contributed by atoms with Crippen molar-refractivity contribution in [3.05, 3.63) is 42.5 Å². The number of amides is 1. The van der Waals surface area contributed by atoms with Crippen LogP contribution >= 0.6 is 0 Å². The van der Waals surface area contributed by atoms with Crippen LogP contribution < -0.4 is 10.1 Å². The standard InChI is InChI=1S/C23H29NO9/c1-6-9-17-10-7-8-11-18(17)32-23-20(24-13(2)25)22(31-16(5)28)21(30-15(4)27)19(33-23)12-29-14(3)26/h6-8,10-11,19-23H,1,9,12H2,2-5H3,(H,24,25)/t19-,20-,21+,22-,23+/m0/s1. The SMILES string of the molecule is C=CCc1ccccc1O[C@@H]1O[C@@H](COC(C)=O)[C@@H](OC(C)=O)[C@@H](OC(C)=O)[C@@H]1NC(C)=O. The van der Waals surface area contributed by atoms with Gasteiger partial charge in [-0.1, -0.05) is 24.3 Å². The molecule has 1 fully saturated rings. The van der Waals surface area contributed by atoms with Gasteiger partial charge < -0.3 is 29.0 Å². The summed E-state index contributed by atoms with van der Waals surface area (Å²) in [4.78, 5) is 47.1. The molecule has 33 heavy (non-hydrogen) atoms. The Kier molecular flexibility index (Phi) is 9.41. The van der Waals surface area contributed by atoms with Gasteiger partial charge in [-0.25, -0.2) is 0 Å². The summed E-state index contributed by atoms with van der Waals surface area (Å²) in [7, 11) is 0. The van der Waals surface area contributed by atoms with Crippen molar-refractivity contribution >= 4 is 23.8 Å². The van der Waals surface area contributed by atoms with Crippen LogP contribution in [0, 0.1) is 0 Å². The summed E-state index contributed by atoms with van der Waals surface area (Å²) >= 11 is 0. The van der Waals surface area contributed by atoms with Crippen molar-refractivity contribution in [1.82, 2.24) is 5.32 Å². The first-order valence-electron chi connectivity index (χ1n) is 10.4. The number of rotatable bonds is 9. The van der Waals surface area contributed by atoms with Gasteiger partial charge >= 0.3 is 17.9 Å². The molecule has 0 radical (unpaired) electrons. The zero-order valence-electron chi connectivity index (χ0n) is 19.1. The van der Waals surface area contributed by atoms with E-state index in [4.69, 9.17) is 23.7 Å². The van der Waals surface area contributed by atoms with E-state index in [-0.39, 0.29) is 6.61 Å². The second kappa shape index (κ2) is 12.0. The molecule has 1 aliphatic heterocycles. The summed E-state index contributed by atoms with van der Waals surface area (Å²) in [6, 6.07) is 6.11. The molecule has 2 rings (SSSR count). The highest BCUT2D eigenvalue weighted by atomic mass is 16.7. The zero-order valence-corrected chi connectivity index (χ0v) is 19.1. The zero-order chi connectivity index (χ0) is 24.5. The maximum absolute atomic E-state index is 12.0. The summed E-state index contributed by atoms with van der Waals surface area (Å²) in [6.45, 7) is 8.29. The predicted molar refractivity (Wildman–Crippen MR) is 115 cm³/mol. The fraction of sp³-hybridized carbons (Fsp3) is 0.478. The van der Waals surface area contributed by atoms with E-state index in [9.17, 15) is 19.2 Å². The van der Waals surface area contributed by atoms with E-state index in [0.29, 0.717) is 12.2 Å². The van der Waals surface area contributed by atoms with E-state index in [1.165, 1.54) is 27.7 Å². The Morgan fingerprint density at radius 2 is 1.64 bits per heavy atom. The van der Waals surface area contributed by atoms with Crippen molar-refractivity contribution in [2.24, 2.45) is 0 Å². The third kappa shape index (κ3) is 7.60. The van der Waals surface area contributed by atoms with Crippen molar-refractivity contribution in [1.29, 1.82) is 0 Å². The molecular weight excluding hydrogens is 434 g/mol. The molecule has 0 aromatic heterocycles. The van der Waals surface area contributed by atoms with Gasteiger partial charge in [0.1, 0.15) is 24.5 Å². The van der Waals surface area contributed by atoms with E-state index < -0.39 is 54.5 Å². The minimum atomic E-state index is -1.18. The first-order valence-corrected chi connectivity index (χ1v) is 10.4. The van der Waals surface area contributed by atoms with Crippen LogP contribution in [0.1, 0.15) is 33.3 Å². The lowest BCUT2D eigenvalue weighted by atomic mass is 9.96. The quantitative estimate of drug-likeness (QED) is 0.329. The van der Waals surface area contributed by atoms with Crippen LogP contribution in [0.25, 0.3) is 0 Å². The fourth-order valence-electron chi connectivity index (χ4n) is 3.46. The molecule has 5 atom stereocenters. The third-order valence-electron chi connectivity index (χ3n) is 4.65. The molecule has 1 amide bonds. The number of nitrogens with one attached hydrogen (secondary N) is 1. The van der Waals surface area contributed by atoms with E-state index in [1.54, 1.807) is 18.2 Å². The molecule has 0 saturated carbocycles. The van der Waals surface area contributed by atoms with Crippen LogP contribution in [-0.2, 0) is 44.5 Å². The molecule has 1 aromatic carbocycles. The van der Waals surface area contributed by atoms with Crippen LogP contribution in [0.5, 0.6) is 5.75 Å². The number of ether oxygens (including phenoxy) is 5. The number of para-hydroxylation sites is 1. The number of hydrogen-bond acceptors (Lipinski definition) is 9. The van der Waals surface area contributed by atoms with Crippen molar-refractivity contribution < 1.29 is 42.9 Å². The first kappa shape index (κ1) is 25.9. The molecule has 1 aliphatic rings. The number of carbonyl (C=O) groups is 4. The van der Waals surface area contributed by atoms with Gasteiger partial charge in [-0.3, -0.25) is 19.2 Å². The van der Waals surface area contributed by atoms with Gasteiger partial charge in [-0.2, -0.15) is 0 Å². The second-order valence-corrected chi connectivity index (χ2v) is 7.44. The molecule has 10 nitrogen and oxygen atoms in total. The van der Waals surface area contributed by atoms with Crippen LogP contribution in [-0.4, -0.2) is 61.1 Å². The largest absolute Gasteiger partial charge is 0.463 e. The molecular formula is C23H29NO9. The topological polar surface area (TPSA) is 126 Å². The Morgan fingerprint density at radius 1 is 1.00 bits per heavy atom. The highest BCUT2D eigenvalue weighted by Gasteiger charge is 2.52. The Hall–Kier alpha value is -3.40. The van der Waals surface area contributed by atoms with Crippen LogP contribution in [0.15, 0.2) is 36.9 Å². The molecule has 180 valence electrons.